The number of guanidine groups is 1. The largest absolute Gasteiger partial charge is 0.444 e. The number of nitrogens with one attached hydrogen (secondary N) is 2. The lowest BCUT2D eigenvalue weighted by Gasteiger charge is -2.23. The maximum atomic E-state index is 11.6. The maximum Gasteiger partial charge on any atom is 0.407 e. The molecule has 2 N–H and O–H groups in total. The van der Waals surface area contributed by atoms with Crippen LogP contribution >= 0.6 is 15.9 Å². The number of rotatable bonds is 5. The predicted octanol–water partition coefficient (Wildman–Crippen LogP) is 2.98. The first kappa shape index (κ1) is 20.3. The highest BCUT2D eigenvalue weighted by atomic mass is 79.9. The molecule has 0 aliphatic rings. The molecule has 0 radical (unpaired) electrons. The number of hydrogen-bond donors (Lipinski definition) is 2. The summed E-state index contributed by atoms with van der Waals surface area (Å²) in [5, 5.41) is 5.93. The monoisotopic (exact) mass is 398 g/mol. The molecule has 0 aromatic heterocycles. The zero-order valence-corrected chi connectivity index (χ0v) is 16.6. The van der Waals surface area contributed by atoms with E-state index in [-0.39, 0.29) is 0 Å². The quantitative estimate of drug-likeness (QED) is 0.454. The molecule has 1 amide bonds. The number of benzene rings is 1. The standard InChI is InChI=1S/C17H27BrN4O2/c1-17(2,3)24-16(23)21-11-10-20-15(19-4)22(5)12-13-8-6-7-9-14(13)18/h6-9H,10-12H2,1-5H3,(H,19,20)(H,21,23). The number of alkyl carbamates (subject to hydrolysis) is 1. The molecule has 6 nitrogen and oxygen atoms in total. The van der Waals surface area contributed by atoms with E-state index in [1.807, 2.05) is 50.9 Å². The van der Waals surface area contributed by atoms with Gasteiger partial charge in [-0.2, -0.15) is 0 Å². The average molecular weight is 399 g/mol. The van der Waals surface area contributed by atoms with E-state index < -0.39 is 11.7 Å². The zero-order chi connectivity index (χ0) is 18.2. The molecule has 1 aromatic rings. The van der Waals surface area contributed by atoms with Crippen molar-refractivity contribution < 1.29 is 9.53 Å². The van der Waals surface area contributed by atoms with Crippen molar-refractivity contribution in [2.24, 2.45) is 4.99 Å². The van der Waals surface area contributed by atoms with Crippen molar-refractivity contribution >= 4 is 28.0 Å². The Labute approximate surface area is 152 Å². The van der Waals surface area contributed by atoms with Gasteiger partial charge in [-0.15, -0.1) is 0 Å². The summed E-state index contributed by atoms with van der Waals surface area (Å²) in [7, 11) is 3.70. The van der Waals surface area contributed by atoms with E-state index in [0.717, 1.165) is 17.0 Å². The van der Waals surface area contributed by atoms with Crippen LogP contribution in [-0.4, -0.2) is 49.7 Å². The molecule has 1 aromatic carbocycles. The minimum absolute atomic E-state index is 0.416. The van der Waals surface area contributed by atoms with Crippen molar-refractivity contribution in [1.29, 1.82) is 0 Å². The third-order valence-electron chi connectivity index (χ3n) is 3.02. The molecule has 0 fully saturated rings. The molecule has 0 aliphatic carbocycles. The van der Waals surface area contributed by atoms with Crippen LogP contribution in [0.2, 0.25) is 0 Å². The van der Waals surface area contributed by atoms with Crippen LogP contribution in [0.25, 0.3) is 0 Å². The van der Waals surface area contributed by atoms with Crippen molar-refractivity contribution in [1.82, 2.24) is 15.5 Å². The molecule has 0 unspecified atom stereocenters. The van der Waals surface area contributed by atoms with E-state index in [1.54, 1.807) is 7.05 Å². The predicted molar refractivity (Wildman–Crippen MR) is 101 cm³/mol. The molecule has 0 saturated carbocycles. The van der Waals surface area contributed by atoms with Gasteiger partial charge in [0.1, 0.15) is 5.60 Å². The van der Waals surface area contributed by atoms with Crippen LogP contribution in [0.3, 0.4) is 0 Å². The summed E-state index contributed by atoms with van der Waals surface area (Å²) in [6, 6.07) is 8.08. The molecule has 0 spiro atoms. The summed E-state index contributed by atoms with van der Waals surface area (Å²) in [5.41, 5.74) is 0.687. The molecule has 0 atom stereocenters. The van der Waals surface area contributed by atoms with E-state index in [1.165, 1.54) is 5.56 Å². The molecule has 7 heteroatoms. The van der Waals surface area contributed by atoms with Crippen LogP contribution in [-0.2, 0) is 11.3 Å². The lowest BCUT2D eigenvalue weighted by Crippen LogP contribution is -2.43. The van der Waals surface area contributed by atoms with E-state index in [4.69, 9.17) is 4.74 Å². The van der Waals surface area contributed by atoms with E-state index in [0.29, 0.717) is 13.1 Å². The fourth-order valence-corrected chi connectivity index (χ4v) is 2.40. The summed E-state index contributed by atoms with van der Waals surface area (Å²) in [4.78, 5) is 17.9. The van der Waals surface area contributed by atoms with Gasteiger partial charge in [-0.25, -0.2) is 4.79 Å². The van der Waals surface area contributed by atoms with Gasteiger partial charge in [0, 0.05) is 38.2 Å². The van der Waals surface area contributed by atoms with Gasteiger partial charge in [-0.1, -0.05) is 34.1 Å². The fraction of sp³-hybridized carbons (Fsp3) is 0.529. The second-order valence-electron chi connectivity index (χ2n) is 6.35. The van der Waals surface area contributed by atoms with E-state index in [9.17, 15) is 4.79 Å². The zero-order valence-electron chi connectivity index (χ0n) is 15.0. The molecular weight excluding hydrogens is 372 g/mol. The third-order valence-corrected chi connectivity index (χ3v) is 3.79. The number of hydrogen-bond acceptors (Lipinski definition) is 3. The summed E-state index contributed by atoms with van der Waals surface area (Å²) in [6.07, 6.45) is -0.416. The van der Waals surface area contributed by atoms with Gasteiger partial charge in [-0.05, 0) is 32.4 Å². The normalized spacial score (nSPS) is 11.8. The summed E-state index contributed by atoms with van der Waals surface area (Å²) in [5.74, 6) is 0.761. The molecule has 0 aliphatic heterocycles. The molecular formula is C17H27BrN4O2. The Morgan fingerprint density at radius 3 is 2.46 bits per heavy atom. The van der Waals surface area contributed by atoms with E-state index in [2.05, 4.69) is 37.6 Å². The number of nitrogens with zero attached hydrogens (tertiary/aromatic N) is 2. The van der Waals surface area contributed by atoms with Crippen molar-refractivity contribution in [3.63, 3.8) is 0 Å². The Bertz CT molecular complexity index is 570. The lowest BCUT2D eigenvalue weighted by atomic mass is 10.2. The Hall–Kier alpha value is -1.76. The van der Waals surface area contributed by atoms with Gasteiger partial charge in [0.15, 0.2) is 5.96 Å². The van der Waals surface area contributed by atoms with Crippen LogP contribution in [0.15, 0.2) is 33.7 Å². The summed E-state index contributed by atoms with van der Waals surface area (Å²) in [6.45, 7) is 7.25. The molecule has 1 rings (SSSR count). The number of aliphatic imine (C=N–C) groups is 1. The highest BCUT2D eigenvalue weighted by Gasteiger charge is 2.15. The fourth-order valence-electron chi connectivity index (χ4n) is 1.99. The van der Waals surface area contributed by atoms with Crippen LogP contribution in [0, 0.1) is 0 Å². The third kappa shape index (κ3) is 7.68. The van der Waals surface area contributed by atoms with Crippen molar-refractivity contribution in [2.75, 3.05) is 27.2 Å². The molecule has 134 valence electrons. The summed E-state index contributed by atoms with van der Waals surface area (Å²) >= 11 is 3.55. The Kier molecular flexibility index (Phi) is 8.04. The first-order valence-electron chi connectivity index (χ1n) is 7.85. The SMILES string of the molecule is CN=C(NCCNC(=O)OC(C)(C)C)N(C)Cc1ccccc1Br. The second-order valence-corrected chi connectivity index (χ2v) is 7.20. The van der Waals surface area contributed by atoms with Gasteiger partial charge < -0.3 is 20.3 Å². The topological polar surface area (TPSA) is 66.0 Å². The number of ether oxygens (including phenoxy) is 1. The number of amides is 1. The molecule has 0 saturated heterocycles. The minimum Gasteiger partial charge on any atom is -0.444 e. The van der Waals surface area contributed by atoms with Gasteiger partial charge in [0.2, 0.25) is 0 Å². The molecule has 0 heterocycles. The molecule has 24 heavy (non-hydrogen) atoms. The first-order chi connectivity index (χ1) is 11.2. The van der Waals surface area contributed by atoms with Gasteiger partial charge in [0.25, 0.3) is 0 Å². The second kappa shape index (κ2) is 9.52. The van der Waals surface area contributed by atoms with Crippen molar-refractivity contribution in [2.45, 2.75) is 32.9 Å². The van der Waals surface area contributed by atoms with Crippen molar-refractivity contribution in [3.05, 3.63) is 34.3 Å². The lowest BCUT2D eigenvalue weighted by molar-refractivity contribution is 0.0529. The van der Waals surface area contributed by atoms with Crippen LogP contribution < -0.4 is 10.6 Å². The first-order valence-corrected chi connectivity index (χ1v) is 8.64. The Balaban J connectivity index is 2.40. The van der Waals surface area contributed by atoms with Gasteiger partial charge >= 0.3 is 6.09 Å². The highest BCUT2D eigenvalue weighted by Crippen LogP contribution is 2.17. The maximum absolute atomic E-state index is 11.6. The minimum atomic E-state index is -0.489. The van der Waals surface area contributed by atoms with Crippen LogP contribution in [0.1, 0.15) is 26.3 Å². The number of halogens is 1. The Morgan fingerprint density at radius 1 is 1.25 bits per heavy atom. The van der Waals surface area contributed by atoms with Crippen molar-refractivity contribution in [3.8, 4) is 0 Å². The van der Waals surface area contributed by atoms with Gasteiger partial charge in [-0.3, -0.25) is 4.99 Å². The Morgan fingerprint density at radius 2 is 1.88 bits per heavy atom. The number of carbonyl (C=O) groups excluding carboxylic acids is 1. The number of carbonyl (C=O) groups is 1. The van der Waals surface area contributed by atoms with Crippen LogP contribution in [0.4, 0.5) is 4.79 Å². The highest BCUT2D eigenvalue weighted by molar-refractivity contribution is 9.10. The molecule has 0 bridgehead atoms. The smallest absolute Gasteiger partial charge is 0.407 e. The van der Waals surface area contributed by atoms with E-state index >= 15 is 0 Å². The summed E-state index contributed by atoms with van der Waals surface area (Å²) < 4.78 is 6.26. The average Bonchev–Trinajstić information content (AvgIpc) is 2.47. The van der Waals surface area contributed by atoms with Gasteiger partial charge in [0.05, 0.1) is 0 Å². The van der Waals surface area contributed by atoms with Crippen LogP contribution in [0.5, 0.6) is 0 Å².